The van der Waals surface area contributed by atoms with Crippen LogP contribution in [-0.2, 0) is 11.8 Å². The van der Waals surface area contributed by atoms with Crippen molar-refractivity contribution in [3.8, 4) is 5.88 Å². The molecule has 20 heavy (non-hydrogen) atoms. The SMILES string of the molecule is COc1cc(CC(O)C2(c3ccccc3)CC2)ncn1. The van der Waals surface area contributed by atoms with Crippen molar-refractivity contribution < 1.29 is 9.84 Å². The molecule has 1 aliphatic carbocycles. The van der Waals surface area contributed by atoms with E-state index in [1.54, 1.807) is 13.2 Å². The number of methoxy groups -OCH3 is 1. The van der Waals surface area contributed by atoms with Gasteiger partial charge in [0.05, 0.1) is 18.9 Å². The molecule has 0 bridgehead atoms. The number of aliphatic hydroxyl groups excluding tert-OH is 1. The van der Waals surface area contributed by atoms with E-state index >= 15 is 0 Å². The molecule has 0 aliphatic heterocycles. The third kappa shape index (κ3) is 2.39. The van der Waals surface area contributed by atoms with Crippen LogP contribution >= 0.6 is 0 Å². The molecule has 4 heteroatoms. The molecule has 104 valence electrons. The predicted octanol–water partition coefficient (Wildman–Crippen LogP) is 2.12. The largest absolute Gasteiger partial charge is 0.481 e. The molecule has 3 rings (SSSR count). The Labute approximate surface area is 118 Å². The Kier molecular flexibility index (Phi) is 3.40. The highest BCUT2D eigenvalue weighted by molar-refractivity contribution is 5.33. The molecular weight excluding hydrogens is 252 g/mol. The average Bonchev–Trinajstić information content (AvgIpc) is 3.30. The van der Waals surface area contributed by atoms with Gasteiger partial charge in [0.2, 0.25) is 5.88 Å². The maximum Gasteiger partial charge on any atom is 0.216 e. The highest BCUT2D eigenvalue weighted by atomic mass is 16.5. The molecule has 1 fully saturated rings. The second-order valence-electron chi connectivity index (χ2n) is 5.29. The van der Waals surface area contributed by atoms with Crippen LogP contribution in [0.4, 0.5) is 0 Å². The number of hydrogen-bond acceptors (Lipinski definition) is 4. The van der Waals surface area contributed by atoms with Crippen LogP contribution in [-0.4, -0.2) is 28.3 Å². The van der Waals surface area contributed by atoms with Crippen molar-refractivity contribution in [2.24, 2.45) is 0 Å². The zero-order valence-electron chi connectivity index (χ0n) is 11.5. The lowest BCUT2D eigenvalue weighted by molar-refractivity contribution is 0.130. The van der Waals surface area contributed by atoms with Gasteiger partial charge in [-0.1, -0.05) is 30.3 Å². The lowest BCUT2D eigenvalue weighted by Crippen LogP contribution is -2.28. The molecule has 0 spiro atoms. The minimum atomic E-state index is -0.426. The Morgan fingerprint density at radius 1 is 1.25 bits per heavy atom. The van der Waals surface area contributed by atoms with Gasteiger partial charge in [-0.25, -0.2) is 9.97 Å². The lowest BCUT2D eigenvalue weighted by atomic mass is 9.87. The number of hydrogen-bond donors (Lipinski definition) is 1. The van der Waals surface area contributed by atoms with Gasteiger partial charge in [-0.3, -0.25) is 0 Å². The van der Waals surface area contributed by atoms with Gasteiger partial charge in [0.1, 0.15) is 6.33 Å². The number of nitrogens with zero attached hydrogens (tertiary/aromatic N) is 2. The van der Waals surface area contributed by atoms with Gasteiger partial charge < -0.3 is 9.84 Å². The minimum Gasteiger partial charge on any atom is -0.481 e. The monoisotopic (exact) mass is 270 g/mol. The van der Waals surface area contributed by atoms with Gasteiger partial charge in [0.15, 0.2) is 0 Å². The van der Waals surface area contributed by atoms with E-state index in [0.717, 1.165) is 18.5 Å². The van der Waals surface area contributed by atoms with E-state index in [4.69, 9.17) is 4.74 Å². The Balaban J connectivity index is 1.78. The first-order valence-electron chi connectivity index (χ1n) is 6.83. The Bertz CT molecular complexity index is 582. The van der Waals surface area contributed by atoms with E-state index in [-0.39, 0.29) is 5.41 Å². The second kappa shape index (κ2) is 5.21. The molecule has 4 nitrogen and oxygen atoms in total. The summed E-state index contributed by atoms with van der Waals surface area (Å²) in [6.45, 7) is 0. The van der Waals surface area contributed by atoms with E-state index in [9.17, 15) is 5.11 Å². The van der Waals surface area contributed by atoms with Crippen molar-refractivity contribution in [1.82, 2.24) is 9.97 Å². The molecule has 2 aromatic rings. The molecular formula is C16H18N2O2. The van der Waals surface area contributed by atoms with Crippen LogP contribution in [0.2, 0.25) is 0 Å². The number of ether oxygens (including phenoxy) is 1. The van der Waals surface area contributed by atoms with Crippen LogP contribution in [0.1, 0.15) is 24.1 Å². The lowest BCUT2D eigenvalue weighted by Gasteiger charge is -2.22. The topological polar surface area (TPSA) is 55.2 Å². The first-order valence-corrected chi connectivity index (χ1v) is 6.83. The molecule has 1 N–H and O–H groups in total. The van der Waals surface area contributed by atoms with Crippen LogP contribution in [0.5, 0.6) is 5.88 Å². The third-order valence-corrected chi connectivity index (χ3v) is 4.09. The number of aliphatic hydroxyl groups is 1. The zero-order chi connectivity index (χ0) is 14.0. The Morgan fingerprint density at radius 2 is 2.00 bits per heavy atom. The highest BCUT2D eigenvalue weighted by Gasteiger charge is 2.50. The van der Waals surface area contributed by atoms with Crippen LogP contribution in [0, 0.1) is 0 Å². The van der Waals surface area contributed by atoms with Gasteiger partial charge in [-0.15, -0.1) is 0 Å². The standard InChI is InChI=1S/C16H18N2O2/c1-20-15-10-13(17-11-18-15)9-14(19)16(7-8-16)12-5-3-2-4-6-12/h2-6,10-11,14,19H,7-9H2,1H3. The molecule has 1 heterocycles. The van der Waals surface area contributed by atoms with Gasteiger partial charge in [0.25, 0.3) is 0 Å². The molecule has 1 unspecified atom stereocenters. The summed E-state index contributed by atoms with van der Waals surface area (Å²) >= 11 is 0. The van der Waals surface area contributed by atoms with E-state index < -0.39 is 6.10 Å². The zero-order valence-corrected chi connectivity index (χ0v) is 11.5. The Morgan fingerprint density at radius 3 is 2.65 bits per heavy atom. The third-order valence-electron chi connectivity index (χ3n) is 4.09. The van der Waals surface area contributed by atoms with Crippen molar-refractivity contribution in [3.05, 3.63) is 54.0 Å². The average molecular weight is 270 g/mol. The fourth-order valence-corrected chi connectivity index (χ4v) is 2.71. The first-order chi connectivity index (χ1) is 9.74. The van der Waals surface area contributed by atoms with Crippen LogP contribution in [0.3, 0.4) is 0 Å². The highest BCUT2D eigenvalue weighted by Crippen LogP contribution is 2.51. The van der Waals surface area contributed by atoms with Crippen molar-refractivity contribution in [2.45, 2.75) is 30.8 Å². The summed E-state index contributed by atoms with van der Waals surface area (Å²) in [6.07, 6.45) is 3.63. The first kappa shape index (κ1) is 13.1. The van der Waals surface area contributed by atoms with Crippen molar-refractivity contribution in [3.63, 3.8) is 0 Å². The van der Waals surface area contributed by atoms with E-state index in [0.29, 0.717) is 12.3 Å². The van der Waals surface area contributed by atoms with Gasteiger partial charge in [-0.2, -0.15) is 0 Å². The quantitative estimate of drug-likeness (QED) is 0.904. The van der Waals surface area contributed by atoms with E-state index in [1.807, 2.05) is 18.2 Å². The number of aromatic nitrogens is 2. The molecule has 1 saturated carbocycles. The summed E-state index contributed by atoms with van der Waals surface area (Å²) in [7, 11) is 1.58. The maximum absolute atomic E-state index is 10.6. The smallest absolute Gasteiger partial charge is 0.216 e. The fraction of sp³-hybridized carbons (Fsp3) is 0.375. The summed E-state index contributed by atoms with van der Waals surface area (Å²) in [5.41, 5.74) is 1.93. The molecule has 1 aromatic carbocycles. The second-order valence-corrected chi connectivity index (χ2v) is 5.29. The van der Waals surface area contributed by atoms with Gasteiger partial charge >= 0.3 is 0 Å². The molecule has 1 atom stereocenters. The van der Waals surface area contributed by atoms with E-state index in [1.165, 1.54) is 11.9 Å². The maximum atomic E-state index is 10.6. The minimum absolute atomic E-state index is 0.0978. The molecule has 1 aromatic heterocycles. The van der Waals surface area contributed by atoms with Gasteiger partial charge in [-0.05, 0) is 18.4 Å². The summed E-state index contributed by atoms with van der Waals surface area (Å²) in [5, 5.41) is 10.6. The predicted molar refractivity (Wildman–Crippen MR) is 75.6 cm³/mol. The summed E-state index contributed by atoms with van der Waals surface area (Å²) in [5.74, 6) is 0.534. The van der Waals surface area contributed by atoms with Crippen LogP contribution in [0.25, 0.3) is 0 Å². The molecule has 0 radical (unpaired) electrons. The van der Waals surface area contributed by atoms with E-state index in [2.05, 4.69) is 22.1 Å². The Hall–Kier alpha value is -1.94. The summed E-state index contributed by atoms with van der Waals surface area (Å²) in [6, 6.07) is 12.0. The van der Waals surface area contributed by atoms with Gasteiger partial charge in [0, 0.05) is 17.9 Å². The van der Waals surface area contributed by atoms with Crippen molar-refractivity contribution in [2.75, 3.05) is 7.11 Å². The van der Waals surface area contributed by atoms with Crippen LogP contribution < -0.4 is 4.74 Å². The molecule has 0 amide bonds. The molecule has 0 saturated heterocycles. The van der Waals surface area contributed by atoms with Crippen LogP contribution in [0.15, 0.2) is 42.7 Å². The number of rotatable bonds is 5. The van der Waals surface area contributed by atoms with Crippen molar-refractivity contribution >= 4 is 0 Å². The summed E-state index contributed by atoms with van der Waals surface area (Å²) in [4.78, 5) is 8.20. The molecule has 1 aliphatic rings. The fourth-order valence-electron chi connectivity index (χ4n) is 2.71. The van der Waals surface area contributed by atoms with Crippen molar-refractivity contribution in [1.29, 1.82) is 0 Å². The number of benzene rings is 1. The summed E-state index contributed by atoms with van der Waals surface area (Å²) < 4.78 is 5.09. The normalized spacial score (nSPS) is 17.5.